The molecule has 0 aliphatic rings. The fourth-order valence-corrected chi connectivity index (χ4v) is 0. The Labute approximate surface area is 136 Å². The predicted molar refractivity (Wildman–Crippen MR) is 81.3 cm³/mol. The third kappa shape index (κ3) is 15700. The summed E-state index contributed by atoms with van der Waals surface area (Å²) in [6, 6.07) is 0. The monoisotopic (exact) mass is 372 g/mol. The van der Waals surface area contributed by atoms with Gasteiger partial charge in [0.25, 0.3) is 23.9 Å². The predicted octanol–water partition coefficient (Wildman–Crippen LogP) is -1.92. The van der Waals surface area contributed by atoms with Crippen LogP contribution in [-0.2, 0) is 19.2 Å². The first-order valence-electron chi connectivity index (χ1n) is 5.03. The Bertz CT molecular complexity index is 195. The van der Waals surface area contributed by atoms with Crippen molar-refractivity contribution in [2.45, 2.75) is 27.7 Å². The molecule has 0 saturated heterocycles. The van der Waals surface area contributed by atoms with Crippen molar-refractivity contribution in [3.05, 3.63) is 0 Å². The van der Waals surface area contributed by atoms with Gasteiger partial charge >= 0.3 is 19.8 Å². The summed E-state index contributed by atoms with van der Waals surface area (Å²) in [5.74, 6) is -3.33. The SMILES string of the molecule is CC(=O)O.CC(=O)O.CC(=O)O.CC(=O)O.NCCN.[GaH3]. The Morgan fingerprint density at radius 1 is 0.619 bits per heavy atom. The second-order valence-corrected chi connectivity index (χ2v) is 2.65. The molecule has 10 nitrogen and oxygen atoms in total. The van der Waals surface area contributed by atoms with Crippen molar-refractivity contribution in [1.29, 1.82) is 0 Å². The van der Waals surface area contributed by atoms with E-state index in [2.05, 4.69) is 0 Å². The number of carboxylic acid groups (broad SMARTS) is 4. The van der Waals surface area contributed by atoms with Crippen LogP contribution in [0.1, 0.15) is 27.7 Å². The van der Waals surface area contributed by atoms with E-state index in [1.807, 2.05) is 0 Å². The van der Waals surface area contributed by atoms with E-state index >= 15 is 0 Å². The van der Waals surface area contributed by atoms with Crippen molar-refractivity contribution < 1.29 is 39.6 Å². The first kappa shape index (κ1) is 36.6. The molecule has 0 rings (SSSR count). The average molecular weight is 373 g/mol. The molecular formula is C10H27GaN2O8. The van der Waals surface area contributed by atoms with E-state index in [0.717, 1.165) is 27.7 Å². The van der Waals surface area contributed by atoms with Crippen molar-refractivity contribution in [3.63, 3.8) is 0 Å². The van der Waals surface area contributed by atoms with Crippen LogP contribution < -0.4 is 11.5 Å². The van der Waals surface area contributed by atoms with Crippen LogP contribution in [0.4, 0.5) is 0 Å². The molecule has 0 aromatic rings. The normalized spacial score (nSPS) is 6.19. The van der Waals surface area contributed by atoms with Gasteiger partial charge in [-0.05, 0) is 0 Å². The van der Waals surface area contributed by atoms with E-state index < -0.39 is 23.9 Å². The molecule has 11 heteroatoms. The van der Waals surface area contributed by atoms with Gasteiger partial charge in [0.15, 0.2) is 0 Å². The first-order valence-corrected chi connectivity index (χ1v) is 5.03. The Hall–Kier alpha value is -1.56. The van der Waals surface area contributed by atoms with Gasteiger partial charge < -0.3 is 31.9 Å². The Kier molecular flexibility index (Phi) is 63.2. The summed E-state index contributed by atoms with van der Waals surface area (Å²) >= 11 is 0. The average Bonchev–Trinajstić information content (AvgIpc) is 2.13. The summed E-state index contributed by atoms with van der Waals surface area (Å²) in [5.41, 5.74) is 9.81. The van der Waals surface area contributed by atoms with Gasteiger partial charge in [0, 0.05) is 40.8 Å². The Balaban J connectivity index is -0.0000000331. The van der Waals surface area contributed by atoms with Gasteiger partial charge in [0.05, 0.1) is 0 Å². The zero-order valence-corrected chi connectivity index (χ0v) is 12.0. The summed E-state index contributed by atoms with van der Waals surface area (Å²) in [6.07, 6.45) is 0. The van der Waals surface area contributed by atoms with Crippen molar-refractivity contribution >= 4 is 43.7 Å². The van der Waals surface area contributed by atoms with Gasteiger partial charge in [-0.1, -0.05) is 0 Å². The molecule has 8 N–H and O–H groups in total. The standard InChI is InChI=1S/C2H8N2.4C2H4O2.Ga.3H/c3-1-2-4;4*1-2(3)4;;;;/h1-4H2;4*1H3,(H,3,4);;;;. The van der Waals surface area contributed by atoms with Gasteiger partial charge in [-0.15, -0.1) is 0 Å². The van der Waals surface area contributed by atoms with Crippen LogP contribution in [0, 0.1) is 0 Å². The van der Waals surface area contributed by atoms with Crippen LogP contribution in [0.5, 0.6) is 0 Å². The number of carboxylic acids is 4. The van der Waals surface area contributed by atoms with Gasteiger partial charge in [0.1, 0.15) is 0 Å². The fraction of sp³-hybridized carbons (Fsp3) is 0.600. The van der Waals surface area contributed by atoms with Gasteiger partial charge in [-0.2, -0.15) is 0 Å². The van der Waals surface area contributed by atoms with E-state index in [0.29, 0.717) is 13.1 Å². The van der Waals surface area contributed by atoms with E-state index in [-0.39, 0.29) is 19.8 Å². The van der Waals surface area contributed by atoms with Gasteiger partial charge in [-0.3, -0.25) is 19.2 Å². The fourth-order valence-electron chi connectivity index (χ4n) is 0. The van der Waals surface area contributed by atoms with Crippen molar-refractivity contribution in [3.8, 4) is 0 Å². The van der Waals surface area contributed by atoms with Crippen LogP contribution >= 0.6 is 0 Å². The first-order chi connectivity index (χ1) is 8.84. The Morgan fingerprint density at radius 2 is 0.667 bits per heavy atom. The number of nitrogens with two attached hydrogens (primary N) is 2. The number of carbonyl (C=O) groups is 4. The maximum atomic E-state index is 9.00. The molecular weight excluding hydrogens is 346 g/mol. The van der Waals surface area contributed by atoms with Gasteiger partial charge in [-0.25, -0.2) is 0 Å². The molecule has 0 aliphatic heterocycles. The van der Waals surface area contributed by atoms with Crippen LogP contribution in [0.15, 0.2) is 0 Å². The summed E-state index contributed by atoms with van der Waals surface area (Å²) in [7, 11) is 0. The molecule has 21 heavy (non-hydrogen) atoms. The second-order valence-electron chi connectivity index (χ2n) is 2.65. The topological polar surface area (TPSA) is 201 Å². The van der Waals surface area contributed by atoms with Crippen molar-refractivity contribution in [2.75, 3.05) is 13.1 Å². The summed E-state index contributed by atoms with van der Waals surface area (Å²) in [6.45, 7) is 5.53. The molecule has 0 radical (unpaired) electrons. The molecule has 0 bridgehead atoms. The number of rotatable bonds is 1. The molecule has 0 spiro atoms. The van der Waals surface area contributed by atoms with Crippen molar-refractivity contribution in [1.82, 2.24) is 0 Å². The zero-order valence-electron chi connectivity index (χ0n) is 12.0. The summed E-state index contributed by atoms with van der Waals surface area (Å²) in [4.78, 5) is 36.0. The number of hydrogen-bond acceptors (Lipinski definition) is 6. The number of aliphatic carboxylic acids is 4. The van der Waals surface area contributed by atoms with Crippen LogP contribution in [0.2, 0.25) is 0 Å². The molecule has 0 amide bonds. The third-order valence-corrected chi connectivity index (χ3v) is 0.167. The molecule has 0 fully saturated rings. The number of hydrogen-bond donors (Lipinski definition) is 6. The maximum absolute atomic E-state index is 9.00. The molecule has 0 atom stereocenters. The molecule has 0 aromatic carbocycles. The molecule has 0 heterocycles. The molecule has 0 saturated carbocycles. The van der Waals surface area contributed by atoms with E-state index in [9.17, 15) is 0 Å². The van der Waals surface area contributed by atoms with Crippen molar-refractivity contribution in [2.24, 2.45) is 11.5 Å². The summed E-state index contributed by atoms with van der Waals surface area (Å²) in [5, 5.41) is 29.7. The quantitative estimate of drug-likeness (QED) is 0.281. The minimum absolute atomic E-state index is 0. The van der Waals surface area contributed by atoms with Crippen LogP contribution in [-0.4, -0.2) is 77.2 Å². The minimum atomic E-state index is -0.833. The Morgan fingerprint density at radius 3 is 0.667 bits per heavy atom. The molecule has 128 valence electrons. The van der Waals surface area contributed by atoms with Crippen LogP contribution in [0.3, 0.4) is 0 Å². The van der Waals surface area contributed by atoms with Gasteiger partial charge in [0.2, 0.25) is 0 Å². The third-order valence-electron chi connectivity index (χ3n) is 0.167. The van der Waals surface area contributed by atoms with E-state index in [1.54, 1.807) is 0 Å². The second kappa shape index (κ2) is 36.2. The van der Waals surface area contributed by atoms with Crippen LogP contribution in [0.25, 0.3) is 0 Å². The zero-order chi connectivity index (χ0) is 17.7. The molecule has 0 aromatic heterocycles. The molecule has 0 aliphatic carbocycles. The van der Waals surface area contributed by atoms with E-state index in [4.69, 9.17) is 51.1 Å². The molecule has 0 unspecified atom stereocenters. The summed E-state index contributed by atoms with van der Waals surface area (Å²) < 4.78 is 0. The van der Waals surface area contributed by atoms with E-state index in [1.165, 1.54) is 0 Å².